The van der Waals surface area contributed by atoms with Gasteiger partial charge in [0.25, 0.3) is 11.6 Å². The van der Waals surface area contributed by atoms with Crippen molar-refractivity contribution in [2.75, 3.05) is 31.2 Å². The summed E-state index contributed by atoms with van der Waals surface area (Å²) in [7, 11) is 0. The Morgan fingerprint density at radius 1 is 1.27 bits per heavy atom. The maximum Gasteiger partial charge on any atom is 0.293 e. The number of benzene rings is 2. The van der Waals surface area contributed by atoms with Crippen LogP contribution < -0.4 is 4.90 Å². The van der Waals surface area contributed by atoms with E-state index < -0.39 is 10.7 Å². The summed E-state index contributed by atoms with van der Waals surface area (Å²) in [5.74, 6) is -0.844. The second-order valence-corrected chi connectivity index (χ2v) is 7.83. The van der Waals surface area contributed by atoms with Crippen molar-refractivity contribution in [1.29, 1.82) is 0 Å². The number of hydrogen-bond donors (Lipinski definition) is 0. The normalized spacial score (nSPS) is 16.4. The molecule has 1 saturated heterocycles. The molecule has 9 heteroatoms. The van der Waals surface area contributed by atoms with Gasteiger partial charge < -0.3 is 14.5 Å². The standard InChI is InChI=1S/C21H21ClFN3O4/c22-17-2-1-3-18(23)16(17)13-25(15-5-6-15)21(27)14-4-7-19(20(12-14)26(28)29)24-8-10-30-11-9-24/h1-4,7,12,15H,5-6,8-11,13H2. The van der Waals surface area contributed by atoms with Crippen molar-refractivity contribution >= 4 is 28.9 Å². The first-order valence-electron chi connectivity index (χ1n) is 9.80. The fourth-order valence-electron chi connectivity index (χ4n) is 3.65. The molecule has 0 spiro atoms. The molecule has 0 N–H and O–H groups in total. The second-order valence-electron chi connectivity index (χ2n) is 7.42. The van der Waals surface area contributed by atoms with E-state index >= 15 is 0 Å². The summed E-state index contributed by atoms with van der Waals surface area (Å²) < 4.78 is 19.6. The molecule has 1 amide bonds. The molecule has 0 unspecified atom stereocenters. The number of nitro groups is 1. The average Bonchev–Trinajstić information content (AvgIpc) is 3.58. The molecule has 0 bridgehead atoms. The van der Waals surface area contributed by atoms with Crippen LogP contribution in [0.5, 0.6) is 0 Å². The molecule has 0 atom stereocenters. The molecule has 2 aliphatic rings. The van der Waals surface area contributed by atoms with E-state index in [0.717, 1.165) is 12.8 Å². The molecular weight excluding hydrogens is 413 g/mol. The molecule has 1 aliphatic carbocycles. The van der Waals surface area contributed by atoms with E-state index in [2.05, 4.69) is 0 Å². The first kappa shape index (κ1) is 20.6. The highest BCUT2D eigenvalue weighted by molar-refractivity contribution is 6.31. The molecule has 0 aromatic heterocycles. The SMILES string of the molecule is O=C(c1ccc(N2CCOCC2)c([N+](=O)[O-])c1)N(Cc1c(F)cccc1Cl)C1CC1. The van der Waals surface area contributed by atoms with Crippen molar-refractivity contribution in [1.82, 2.24) is 4.90 Å². The number of carbonyl (C=O) groups is 1. The number of morpholine rings is 1. The predicted molar refractivity (Wildman–Crippen MR) is 110 cm³/mol. The maximum atomic E-state index is 14.3. The quantitative estimate of drug-likeness (QED) is 0.508. The van der Waals surface area contributed by atoms with Gasteiger partial charge in [-0.2, -0.15) is 0 Å². The second kappa shape index (κ2) is 8.57. The fraction of sp³-hybridized carbons (Fsp3) is 0.381. The summed E-state index contributed by atoms with van der Waals surface area (Å²) in [5, 5.41) is 11.9. The van der Waals surface area contributed by atoms with Gasteiger partial charge in [-0.05, 0) is 37.1 Å². The predicted octanol–water partition coefficient (Wildman–Crippen LogP) is 4.03. The topological polar surface area (TPSA) is 75.9 Å². The lowest BCUT2D eigenvalue weighted by Gasteiger charge is -2.29. The van der Waals surface area contributed by atoms with Crippen LogP contribution in [0.2, 0.25) is 5.02 Å². The minimum Gasteiger partial charge on any atom is -0.378 e. The Morgan fingerprint density at radius 2 is 2.00 bits per heavy atom. The summed E-state index contributed by atoms with van der Waals surface area (Å²) in [5.41, 5.74) is 0.800. The summed E-state index contributed by atoms with van der Waals surface area (Å²) in [6, 6.07) is 8.89. The van der Waals surface area contributed by atoms with Gasteiger partial charge >= 0.3 is 0 Å². The Morgan fingerprint density at radius 3 is 2.63 bits per heavy atom. The maximum absolute atomic E-state index is 14.3. The number of rotatable bonds is 6. The van der Waals surface area contributed by atoms with Crippen LogP contribution in [0.1, 0.15) is 28.8 Å². The van der Waals surface area contributed by atoms with Crippen LogP contribution in [-0.4, -0.2) is 48.1 Å². The summed E-state index contributed by atoms with van der Waals surface area (Å²) in [4.78, 5) is 27.9. The zero-order valence-electron chi connectivity index (χ0n) is 16.2. The molecular formula is C21H21ClFN3O4. The van der Waals surface area contributed by atoms with Gasteiger partial charge in [-0.15, -0.1) is 0 Å². The summed E-state index contributed by atoms with van der Waals surface area (Å²) in [6.07, 6.45) is 1.62. The Bertz CT molecular complexity index is 956. The van der Waals surface area contributed by atoms with Gasteiger partial charge in [0.1, 0.15) is 11.5 Å². The molecule has 1 aliphatic heterocycles. The van der Waals surface area contributed by atoms with E-state index in [9.17, 15) is 19.3 Å². The van der Waals surface area contributed by atoms with E-state index in [1.807, 2.05) is 4.90 Å². The molecule has 2 fully saturated rings. The van der Waals surface area contributed by atoms with Gasteiger partial charge in [0, 0.05) is 41.3 Å². The highest BCUT2D eigenvalue weighted by Gasteiger charge is 2.35. The number of amides is 1. The van der Waals surface area contributed by atoms with Crippen molar-refractivity contribution in [3.05, 3.63) is 68.5 Å². The first-order valence-corrected chi connectivity index (χ1v) is 10.2. The average molecular weight is 434 g/mol. The fourth-order valence-corrected chi connectivity index (χ4v) is 3.87. The van der Waals surface area contributed by atoms with Gasteiger partial charge in [-0.25, -0.2) is 4.39 Å². The van der Waals surface area contributed by atoms with Crippen molar-refractivity contribution < 1.29 is 18.8 Å². The number of anilines is 1. The van der Waals surface area contributed by atoms with Gasteiger partial charge in [-0.1, -0.05) is 17.7 Å². The van der Waals surface area contributed by atoms with Crippen LogP contribution in [0.3, 0.4) is 0 Å². The molecule has 158 valence electrons. The molecule has 1 saturated carbocycles. The van der Waals surface area contributed by atoms with Crippen molar-refractivity contribution in [3.63, 3.8) is 0 Å². The minimum atomic E-state index is -0.477. The largest absolute Gasteiger partial charge is 0.378 e. The number of ether oxygens (including phenoxy) is 1. The van der Waals surface area contributed by atoms with E-state index in [4.69, 9.17) is 16.3 Å². The Balaban J connectivity index is 1.63. The van der Waals surface area contributed by atoms with Crippen molar-refractivity contribution in [3.8, 4) is 0 Å². The Hall–Kier alpha value is -2.71. The van der Waals surface area contributed by atoms with Gasteiger partial charge in [0.15, 0.2) is 0 Å². The molecule has 2 aromatic rings. The van der Waals surface area contributed by atoms with Gasteiger partial charge in [0.2, 0.25) is 0 Å². The number of carbonyl (C=O) groups excluding carboxylic acids is 1. The Labute approximate surface area is 178 Å². The smallest absolute Gasteiger partial charge is 0.293 e. The number of nitro benzene ring substituents is 1. The van der Waals surface area contributed by atoms with E-state index in [1.165, 1.54) is 18.2 Å². The van der Waals surface area contributed by atoms with Crippen molar-refractivity contribution in [2.24, 2.45) is 0 Å². The third-order valence-corrected chi connectivity index (χ3v) is 5.76. The minimum absolute atomic E-state index is 0.0218. The van der Waals surface area contributed by atoms with Crippen LogP contribution in [0.25, 0.3) is 0 Å². The lowest BCUT2D eigenvalue weighted by atomic mass is 10.1. The lowest BCUT2D eigenvalue weighted by molar-refractivity contribution is -0.384. The zero-order chi connectivity index (χ0) is 21.3. The zero-order valence-corrected chi connectivity index (χ0v) is 17.0. The Kier molecular flexibility index (Phi) is 5.87. The monoisotopic (exact) mass is 433 g/mol. The summed E-state index contributed by atoms with van der Waals surface area (Å²) in [6.45, 7) is 2.11. The van der Waals surface area contributed by atoms with E-state index in [1.54, 1.807) is 23.1 Å². The third-order valence-electron chi connectivity index (χ3n) is 5.41. The van der Waals surface area contributed by atoms with Gasteiger partial charge in [-0.3, -0.25) is 14.9 Å². The lowest BCUT2D eigenvalue weighted by Crippen LogP contribution is -2.37. The van der Waals surface area contributed by atoms with Crippen molar-refractivity contribution in [2.45, 2.75) is 25.4 Å². The number of nitrogens with zero attached hydrogens (tertiary/aromatic N) is 3. The molecule has 2 aromatic carbocycles. The van der Waals surface area contributed by atoms with Crippen LogP contribution in [0.15, 0.2) is 36.4 Å². The van der Waals surface area contributed by atoms with Crippen LogP contribution in [0, 0.1) is 15.9 Å². The van der Waals surface area contributed by atoms with Crippen LogP contribution in [-0.2, 0) is 11.3 Å². The third kappa shape index (κ3) is 4.24. The van der Waals surface area contributed by atoms with Crippen LogP contribution in [0.4, 0.5) is 15.8 Å². The van der Waals surface area contributed by atoms with Gasteiger partial charge in [0.05, 0.1) is 24.7 Å². The number of hydrogen-bond acceptors (Lipinski definition) is 5. The van der Waals surface area contributed by atoms with Crippen LogP contribution >= 0.6 is 11.6 Å². The highest BCUT2D eigenvalue weighted by atomic mass is 35.5. The molecule has 30 heavy (non-hydrogen) atoms. The highest BCUT2D eigenvalue weighted by Crippen LogP contribution is 2.34. The first-order chi connectivity index (χ1) is 14.5. The van der Waals surface area contributed by atoms with E-state index in [0.29, 0.717) is 32.0 Å². The van der Waals surface area contributed by atoms with E-state index in [-0.39, 0.29) is 40.3 Å². The number of halogens is 2. The molecule has 1 heterocycles. The molecule has 0 radical (unpaired) electrons. The summed E-state index contributed by atoms with van der Waals surface area (Å²) >= 11 is 6.14. The molecule has 4 rings (SSSR count). The molecule has 7 nitrogen and oxygen atoms in total.